The smallest absolute Gasteiger partial charge is 0.398 e. The van der Waals surface area contributed by atoms with Crippen LogP contribution in [0.5, 0.6) is 0 Å². The number of hydrogen-bond acceptors (Lipinski definition) is 5. The molecule has 4 rings (SSSR count). The van der Waals surface area contributed by atoms with Gasteiger partial charge in [0.15, 0.2) is 5.65 Å². The van der Waals surface area contributed by atoms with Crippen LogP contribution in [0.3, 0.4) is 0 Å². The lowest BCUT2D eigenvalue weighted by atomic mass is 9.84. The van der Waals surface area contributed by atoms with E-state index < -0.39 is 18.3 Å². The highest BCUT2D eigenvalue weighted by molar-refractivity contribution is 6.61. The quantitative estimate of drug-likeness (QED) is 0.861. The molecule has 2 aromatic rings. The Hall–Kier alpha value is -1.93. The number of anilines is 1. The molecule has 0 aromatic carbocycles. The Labute approximate surface area is 140 Å². The zero-order valence-electron chi connectivity index (χ0n) is 14.4. The summed E-state index contributed by atoms with van der Waals surface area (Å²) >= 11 is 0. The summed E-state index contributed by atoms with van der Waals surface area (Å²) < 4.78 is 13.9. The number of pyridine rings is 1. The van der Waals surface area contributed by atoms with E-state index in [0.29, 0.717) is 11.6 Å². The molecule has 8 heteroatoms. The van der Waals surface area contributed by atoms with Gasteiger partial charge >= 0.3 is 7.12 Å². The van der Waals surface area contributed by atoms with E-state index in [2.05, 4.69) is 15.4 Å². The summed E-state index contributed by atoms with van der Waals surface area (Å²) in [6, 6.07) is 5.63. The van der Waals surface area contributed by atoms with Crippen LogP contribution in [-0.2, 0) is 14.1 Å². The van der Waals surface area contributed by atoms with Crippen molar-refractivity contribution in [2.75, 3.05) is 5.32 Å². The molecule has 1 N–H and O–H groups in total. The van der Waals surface area contributed by atoms with E-state index in [0.717, 1.165) is 18.4 Å². The molecule has 2 aliphatic rings. The van der Waals surface area contributed by atoms with Gasteiger partial charge in [-0.2, -0.15) is 4.98 Å². The first kappa shape index (κ1) is 15.6. The minimum absolute atomic E-state index is 0.0110. The number of carbonyl (C=O) groups excluding carboxylic acids is 1. The minimum atomic E-state index is -0.535. The third kappa shape index (κ3) is 2.50. The molecule has 0 bridgehead atoms. The first-order chi connectivity index (χ1) is 11.3. The number of aromatic nitrogens is 3. The SMILES string of the molecule is CC1(C)OB(c2cccc3nc(NC(=O)C4CC4)nn23)OC1(C)C. The lowest BCUT2D eigenvalue weighted by Crippen LogP contribution is -2.41. The Morgan fingerprint density at radius 3 is 2.54 bits per heavy atom. The van der Waals surface area contributed by atoms with Crippen LogP contribution in [0.25, 0.3) is 5.65 Å². The molecule has 1 saturated carbocycles. The number of rotatable bonds is 3. The van der Waals surface area contributed by atoms with Crippen molar-refractivity contribution in [2.45, 2.75) is 51.7 Å². The zero-order valence-corrected chi connectivity index (χ0v) is 14.4. The first-order valence-corrected chi connectivity index (χ1v) is 8.29. The Balaban J connectivity index is 1.66. The molecular weight excluding hydrogens is 307 g/mol. The first-order valence-electron chi connectivity index (χ1n) is 8.29. The fourth-order valence-corrected chi connectivity index (χ4v) is 2.68. The van der Waals surface area contributed by atoms with E-state index in [-0.39, 0.29) is 11.8 Å². The average molecular weight is 328 g/mol. The van der Waals surface area contributed by atoms with Crippen molar-refractivity contribution < 1.29 is 14.1 Å². The minimum Gasteiger partial charge on any atom is -0.398 e. The monoisotopic (exact) mass is 328 g/mol. The van der Waals surface area contributed by atoms with Gasteiger partial charge in [-0.05, 0) is 52.7 Å². The van der Waals surface area contributed by atoms with E-state index in [1.54, 1.807) is 4.52 Å². The van der Waals surface area contributed by atoms with Gasteiger partial charge in [0.1, 0.15) is 0 Å². The van der Waals surface area contributed by atoms with E-state index in [9.17, 15) is 4.79 Å². The molecule has 7 nitrogen and oxygen atoms in total. The number of carbonyl (C=O) groups is 1. The lowest BCUT2D eigenvalue weighted by Gasteiger charge is -2.32. The van der Waals surface area contributed by atoms with Gasteiger partial charge in [0, 0.05) is 5.92 Å². The van der Waals surface area contributed by atoms with Crippen LogP contribution in [0.4, 0.5) is 5.95 Å². The van der Waals surface area contributed by atoms with E-state index in [1.165, 1.54) is 0 Å². The van der Waals surface area contributed by atoms with Crippen LogP contribution in [0.1, 0.15) is 40.5 Å². The number of hydrogen-bond donors (Lipinski definition) is 1. The lowest BCUT2D eigenvalue weighted by molar-refractivity contribution is -0.117. The summed E-state index contributed by atoms with van der Waals surface area (Å²) in [6.07, 6.45) is 1.89. The van der Waals surface area contributed by atoms with Crippen LogP contribution in [0.2, 0.25) is 0 Å². The summed E-state index contributed by atoms with van der Waals surface area (Å²) in [5, 5.41) is 7.20. The van der Waals surface area contributed by atoms with Crippen molar-refractivity contribution in [3.8, 4) is 0 Å². The Kier molecular flexibility index (Phi) is 3.27. The van der Waals surface area contributed by atoms with Crippen LogP contribution in [-0.4, -0.2) is 38.8 Å². The average Bonchev–Trinajstić information content (AvgIpc) is 3.21. The van der Waals surface area contributed by atoms with E-state index in [4.69, 9.17) is 9.31 Å². The Morgan fingerprint density at radius 2 is 1.92 bits per heavy atom. The standard InChI is InChI=1S/C16H21BN4O3/c1-15(2)16(3,4)24-17(23-15)11-6-5-7-12-18-14(20-21(11)12)19-13(22)10-8-9-10/h5-7,10H,8-9H2,1-4H3,(H,19,20,22). The zero-order chi connectivity index (χ0) is 17.1. The highest BCUT2D eigenvalue weighted by Gasteiger charge is 2.52. The second-order valence-electron chi connectivity index (χ2n) is 7.51. The van der Waals surface area contributed by atoms with Crippen molar-refractivity contribution in [2.24, 2.45) is 5.92 Å². The van der Waals surface area contributed by atoms with Crippen LogP contribution in [0, 0.1) is 5.92 Å². The number of nitrogens with one attached hydrogen (secondary N) is 1. The molecule has 2 fully saturated rings. The topological polar surface area (TPSA) is 77.8 Å². The summed E-state index contributed by atoms with van der Waals surface area (Å²) in [5.41, 5.74) is 0.547. The van der Waals surface area contributed by atoms with Gasteiger partial charge in [0.05, 0.1) is 16.8 Å². The Bertz CT molecular complexity index is 797. The maximum Gasteiger partial charge on any atom is 0.514 e. The summed E-state index contributed by atoms with van der Waals surface area (Å²) in [5.74, 6) is 0.415. The summed E-state index contributed by atoms with van der Waals surface area (Å²) in [6.45, 7) is 8.04. The third-order valence-corrected chi connectivity index (χ3v) is 5.07. The molecular formula is C16H21BN4O3. The summed E-state index contributed by atoms with van der Waals surface area (Å²) in [7, 11) is -0.535. The molecule has 3 heterocycles. The van der Waals surface area contributed by atoms with Gasteiger partial charge in [-0.1, -0.05) is 6.07 Å². The van der Waals surface area contributed by atoms with Gasteiger partial charge in [0.25, 0.3) is 0 Å². The van der Waals surface area contributed by atoms with Crippen LogP contribution < -0.4 is 10.9 Å². The highest BCUT2D eigenvalue weighted by Crippen LogP contribution is 2.36. The fourth-order valence-electron chi connectivity index (χ4n) is 2.68. The van der Waals surface area contributed by atoms with Crippen molar-refractivity contribution in [1.82, 2.24) is 14.6 Å². The Morgan fingerprint density at radius 1 is 1.25 bits per heavy atom. The maximum atomic E-state index is 11.9. The second kappa shape index (κ2) is 5.03. The highest BCUT2D eigenvalue weighted by atomic mass is 16.7. The molecule has 2 aromatic heterocycles. The van der Waals surface area contributed by atoms with E-state index in [1.807, 2.05) is 45.9 Å². The molecule has 0 radical (unpaired) electrons. The molecule has 1 aliphatic carbocycles. The normalized spacial score (nSPS) is 22.1. The molecule has 0 unspecified atom stereocenters. The molecule has 0 spiro atoms. The molecule has 1 amide bonds. The predicted molar refractivity (Wildman–Crippen MR) is 90.1 cm³/mol. The third-order valence-electron chi connectivity index (χ3n) is 5.07. The predicted octanol–water partition coefficient (Wildman–Crippen LogP) is 1.38. The molecule has 24 heavy (non-hydrogen) atoms. The molecule has 0 atom stereocenters. The summed E-state index contributed by atoms with van der Waals surface area (Å²) in [4.78, 5) is 16.3. The van der Waals surface area contributed by atoms with Gasteiger partial charge in [0.2, 0.25) is 11.9 Å². The molecule has 1 aliphatic heterocycles. The number of amides is 1. The van der Waals surface area contributed by atoms with Crippen molar-refractivity contribution in [3.63, 3.8) is 0 Å². The molecule has 1 saturated heterocycles. The van der Waals surface area contributed by atoms with E-state index >= 15 is 0 Å². The van der Waals surface area contributed by atoms with Crippen molar-refractivity contribution >= 4 is 30.2 Å². The van der Waals surface area contributed by atoms with Gasteiger partial charge in [-0.3, -0.25) is 10.1 Å². The number of nitrogens with zero attached hydrogens (tertiary/aromatic N) is 3. The largest absolute Gasteiger partial charge is 0.514 e. The van der Waals surface area contributed by atoms with Crippen molar-refractivity contribution in [3.05, 3.63) is 18.2 Å². The maximum absolute atomic E-state index is 11.9. The fraction of sp³-hybridized carbons (Fsp3) is 0.562. The van der Waals surface area contributed by atoms with Crippen molar-refractivity contribution in [1.29, 1.82) is 0 Å². The van der Waals surface area contributed by atoms with Crippen LogP contribution in [0.15, 0.2) is 18.2 Å². The number of fused-ring (bicyclic) bond motifs is 1. The van der Waals surface area contributed by atoms with Crippen LogP contribution >= 0.6 is 0 Å². The van der Waals surface area contributed by atoms with Gasteiger partial charge < -0.3 is 9.31 Å². The van der Waals surface area contributed by atoms with Gasteiger partial charge in [-0.15, -0.1) is 5.10 Å². The second-order valence-corrected chi connectivity index (χ2v) is 7.51. The van der Waals surface area contributed by atoms with Gasteiger partial charge in [-0.25, -0.2) is 4.52 Å². The molecule has 126 valence electrons.